The van der Waals surface area contributed by atoms with Gasteiger partial charge in [0.05, 0.1) is 54.7 Å². The first-order chi connectivity index (χ1) is 33.3. The first-order valence-electron chi connectivity index (χ1n) is 23.1. The predicted molar refractivity (Wildman–Crippen MR) is 250 cm³/mol. The SMILES string of the molecule is COC(=O)C1CCC(n2cc(-c3cc(C)cc(Nc4cc(C(F)(F)F)ccn4)n3)nn2)CC1(C)C.Cc1cc(Nc2nccc(C(F)(F)F)n2)cc(-c2cn(C3CCC(C(=O)OC(C)(C)C)CC3)nn2)c1. The molecule has 71 heavy (non-hydrogen) atoms. The van der Waals surface area contributed by atoms with Crippen molar-refractivity contribution in [3.05, 3.63) is 95.7 Å². The maximum atomic E-state index is 13.0. The molecule has 5 heterocycles. The van der Waals surface area contributed by atoms with Crippen molar-refractivity contribution in [2.75, 3.05) is 17.7 Å². The lowest BCUT2D eigenvalue weighted by molar-refractivity contribution is -0.161. The second-order valence-corrected chi connectivity index (χ2v) is 19.6. The molecule has 22 heteroatoms. The van der Waals surface area contributed by atoms with Crippen LogP contribution in [0, 0.1) is 31.1 Å². The third kappa shape index (κ3) is 13.5. The molecule has 0 amide bonds. The van der Waals surface area contributed by atoms with Crippen LogP contribution in [0.5, 0.6) is 0 Å². The molecule has 2 N–H and O–H groups in total. The van der Waals surface area contributed by atoms with Crippen molar-refractivity contribution in [1.82, 2.24) is 49.9 Å². The van der Waals surface area contributed by atoms with Gasteiger partial charge in [-0.05, 0) is 145 Å². The normalized spacial score (nSPS) is 19.2. The number of aromatic nitrogens is 10. The number of carbonyl (C=O) groups is 2. The third-order valence-electron chi connectivity index (χ3n) is 12.3. The molecule has 5 aromatic heterocycles. The molecule has 0 spiro atoms. The van der Waals surface area contributed by atoms with E-state index in [2.05, 4.69) is 65.0 Å². The minimum atomic E-state index is -4.55. The summed E-state index contributed by atoms with van der Waals surface area (Å²) in [4.78, 5) is 40.5. The fourth-order valence-electron chi connectivity index (χ4n) is 8.91. The van der Waals surface area contributed by atoms with E-state index in [1.54, 1.807) is 22.9 Å². The third-order valence-corrected chi connectivity index (χ3v) is 12.3. The number of pyridine rings is 2. The van der Waals surface area contributed by atoms with Crippen molar-refractivity contribution in [3.8, 4) is 22.6 Å². The van der Waals surface area contributed by atoms with Gasteiger partial charge in [-0.1, -0.05) is 24.3 Å². The lowest BCUT2D eigenvalue weighted by Gasteiger charge is -2.40. The Labute approximate surface area is 406 Å². The number of esters is 2. The molecule has 2 unspecified atom stereocenters. The van der Waals surface area contributed by atoms with Crippen molar-refractivity contribution >= 4 is 35.2 Å². The van der Waals surface area contributed by atoms with Crippen LogP contribution in [0.25, 0.3) is 22.6 Å². The molecule has 2 aliphatic rings. The zero-order valence-electron chi connectivity index (χ0n) is 40.6. The molecule has 2 saturated carbocycles. The number of methoxy groups -OCH3 is 1. The number of benzene rings is 1. The average Bonchev–Trinajstić information content (AvgIpc) is 4.00. The summed E-state index contributed by atoms with van der Waals surface area (Å²) in [6, 6.07) is 11.9. The number of hydrogen-bond donors (Lipinski definition) is 2. The van der Waals surface area contributed by atoms with Crippen LogP contribution in [0.2, 0.25) is 0 Å². The molecule has 2 atom stereocenters. The van der Waals surface area contributed by atoms with Crippen LogP contribution >= 0.6 is 0 Å². The highest BCUT2D eigenvalue weighted by molar-refractivity contribution is 5.74. The lowest BCUT2D eigenvalue weighted by Crippen LogP contribution is -2.38. The number of anilines is 4. The van der Waals surface area contributed by atoms with E-state index in [1.165, 1.54) is 7.11 Å². The molecule has 0 bridgehead atoms. The quantitative estimate of drug-likeness (QED) is 0.0973. The van der Waals surface area contributed by atoms with Gasteiger partial charge in [0.25, 0.3) is 0 Å². The summed E-state index contributed by atoms with van der Waals surface area (Å²) in [6.07, 6.45) is 2.06. The molecular formula is C49H56F6N12O4. The van der Waals surface area contributed by atoms with Gasteiger partial charge in [0, 0.05) is 23.6 Å². The molecule has 378 valence electrons. The van der Waals surface area contributed by atoms with Crippen molar-refractivity contribution in [1.29, 1.82) is 0 Å². The topological polar surface area (TPSA) is 190 Å². The summed E-state index contributed by atoms with van der Waals surface area (Å²) in [7, 11) is 1.41. The number of ether oxygens (including phenoxy) is 2. The van der Waals surface area contributed by atoms with E-state index in [1.807, 2.05) is 63.8 Å². The maximum absolute atomic E-state index is 13.0. The maximum Gasteiger partial charge on any atom is 0.433 e. The smallest absolute Gasteiger partial charge is 0.433 e. The highest BCUT2D eigenvalue weighted by Crippen LogP contribution is 2.46. The monoisotopic (exact) mass is 990 g/mol. The van der Waals surface area contributed by atoms with E-state index in [4.69, 9.17) is 9.47 Å². The van der Waals surface area contributed by atoms with Gasteiger partial charge in [0.2, 0.25) is 5.95 Å². The van der Waals surface area contributed by atoms with Crippen LogP contribution in [-0.4, -0.2) is 74.6 Å². The van der Waals surface area contributed by atoms with Gasteiger partial charge in [-0.3, -0.25) is 9.59 Å². The summed E-state index contributed by atoms with van der Waals surface area (Å²) < 4.78 is 92.1. The van der Waals surface area contributed by atoms with Crippen molar-refractivity contribution in [3.63, 3.8) is 0 Å². The Morgan fingerprint density at radius 1 is 0.690 bits per heavy atom. The molecular weight excluding hydrogens is 935 g/mol. The molecule has 0 saturated heterocycles. The number of nitrogens with one attached hydrogen (secondary N) is 2. The van der Waals surface area contributed by atoms with E-state index in [0.717, 1.165) is 85.8 Å². The highest BCUT2D eigenvalue weighted by atomic mass is 19.4. The fourth-order valence-corrected chi connectivity index (χ4v) is 8.91. The lowest BCUT2D eigenvalue weighted by atomic mass is 9.67. The summed E-state index contributed by atoms with van der Waals surface area (Å²) in [5, 5.41) is 22.9. The average molecular weight is 991 g/mol. The van der Waals surface area contributed by atoms with Crippen LogP contribution in [0.3, 0.4) is 0 Å². The van der Waals surface area contributed by atoms with Gasteiger partial charge in [-0.15, -0.1) is 10.2 Å². The Hall–Kier alpha value is -7.00. The zero-order valence-corrected chi connectivity index (χ0v) is 40.6. The number of nitrogens with zero attached hydrogens (tertiary/aromatic N) is 10. The highest BCUT2D eigenvalue weighted by Gasteiger charge is 2.42. The second kappa shape index (κ2) is 20.8. The number of hydrogen-bond acceptors (Lipinski definition) is 14. The van der Waals surface area contributed by atoms with Crippen molar-refractivity contribution in [2.45, 2.75) is 123 Å². The van der Waals surface area contributed by atoms with Crippen LogP contribution in [0.4, 0.5) is 49.6 Å². The van der Waals surface area contributed by atoms with E-state index in [9.17, 15) is 35.9 Å². The van der Waals surface area contributed by atoms with Crippen LogP contribution in [-0.2, 0) is 31.4 Å². The van der Waals surface area contributed by atoms with Gasteiger partial charge in [0.1, 0.15) is 34.3 Å². The van der Waals surface area contributed by atoms with Gasteiger partial charge in [-0.2, -0.15) is 26.3 Å². The minimum absolute atomic E-state index is 0.0390. The first-order valence-corrected chi connectivity index (χ1v) is 23.1. The summed E-state index contributed by atoms with van der Waals surface area (Å²) in [5.74, 6) is -0.364. The molecule has 8 rings (SSSR count). The van der Waals surface area contributed by atoms with Gasteiger partial charge >= 0.3 is 24.3 Å². The fraction of sp³-hybridized carbons (Fsp3) is 0.469. The standard InChI is InChI=1S/C25H29F3N6O2.C24H27F3N6O2/c1-15-11-17(13-18(12-15)30-23-29-10-9-21(31-23)25(26,27)28)20-14-34(33-32-20)19-7-5-16(6-8-19)22(35)36-24(2,3)4;1-14-9-18(29-21(10-14)30-20-11-15(7-8-28-20)24(25,26)27)19-13-33(32-31-19)16-5-6-17(22(34)35-4)23(2,3)12-16/h9-14,16,19H,5-8H2,1-4H3,(H,29,30,31);7-11,13,16-17H,5-6,12H2,1-4H3,(H,28,29,30). The molecule has 2 aliphatic carbocycles. The molecule has 0 radical (unpaired) electrons. The zero-order chi connectivity index (χ0) is 51.5. The molecule has 16 nitrogen and oxygen atoms in total. The summed E-state index contributed by atoms with van der Waals surface area (Å²) in [5.41, 5.74) is 2.19. The number of rotatable bonds is 10. The van der Waals surface area contributed by atoms with Crippen LogP contribution in [0.1, 0.15) is 114 Å². The van der Waals surface area contributed by atoms with Crippen molar-refractivity contribution < 1.29 is 45.4 Å². The van der Waals surface area contributed by atoms with Gasteiger partial charge < -0.3 is 20.1 Å². The Balaban J connectivity index is 0.000000209. The molecule has 0 aliphatic heterocycles. The number of halogens is 6. The molecule has 2 fully saturated rings. The predicted octanol–water partition coefficient (Wildman–Crippen LogP) is 11.2. The Kier molecular flexibility index (Phi) is 15.2. The van der Waals surface area contributed by atoms with E-state index in [0.29, 0.717) is 35.0 Å². The van der Waals surface area contributed by atoms with E-state index >= 15 is 0 Å². The number of carbonyl (C=O) groups excluding carboxylic acids is 2. The molecule has 6 aromatic rings. The van der Waals surface area contributed by atoms with Gasteiger partial charge in [-0.25, -0.2) is 29.3 Å². The minimum Gasteiger partial charge on any atom is -0.469 e. The number of alkyl halides is 6. The van der Waals surface area contributed by atoms with E-state index < -0.39 is 29.2 Å². The van der Waals surface area contributed by atoms with E-state index in [-0.39, 0.29) is 53.0 Å². The van der Waals surface area contributed by atoms with Crippen LogP contribution < -0.4 is 10.6 Å². The van der Waals surface area contributed by atoms with Gasteiger partial charge in [0.15, 0.2) is 0 Å². The molecule has 1 aromatic carbocycles. The summed E-state index contributed by atoms with van der Waals surface area (Å²) >= 11 is 0. The second-order valence-electron chi connectivity index (χ2n) is 19.6. The first kappa shape index (κ1) is 51.8. The Morgan fingerprint density at radius 3 is 2.00 bits per heavy atom. The Bertz CT molecular complexity index is 2830. The summed E-state index contributed by atoms with van der Waals surface area (Å²) in [6.45, 7) is 13.5. The Morgan fingerprint density at radius 2 is 1.34 bits per heavy atom. The number of aryl methyl sites for hydroxylation is 2. The largest absolute Gasteiger partial charge is 0.469 e. The van der Waals surface area contributed by atoms with Crippen LogP contribution in [0.15, 0.2) is 73.3 Å². The van der Waals surface area contributed by atoms with Crippen molar-refractivity contribution in [2.24, 2.45) is 17.3 Å².